The topological polar surface area (TPSA) is 99.4 Å². The maximum Gasteiger partial charge on any atom is 0.490 e. The molecule has 2 N–H and O–H groups in total. The minimum absolute atomic E-state index is 0.102. The second-order valence-corrected chi connectivity index (χ2v) is 6.34. The number of aromatic nitrogens is 2. The van der Waals surface area contributed by atoms with Crippen molar-refractivity contribution >= 4 is 22.8 Å². The van der Waals surface area contributed by atoms with Crippen LogP contribution in [0.3, 0.4) is 0 Å². The van der Waals surface area contributed by atoms with Gasteiger partial charge < -0.3 is 14.4 Å². The molecular formula is C19H20F3N3O4. The lowest BCUT2D eigenvalue weighted by Gasteiger charge is -2.15. The zero-order valence-electron chi connectivity index (χ0n) is 16.0. The fourth-order valence-electron chi connectivity index (χ4n) is 2.60. The van der Waals surface area contributed by atoms with E-state index >= 15 is 0 Å². The van der Waals surface area contributed by atoms with Crippen molar-refractivity contribution in [3.8, 4) is 0 Å². The fourth-order valence-corrected chi connectivity index (χ4v) is 2.60. The van der Waals surface area contributed by atoms with Crippen LogP contribution in [0.1, 0.15) is 27.5 Å². The van der Waals surface area contributed by atoms with Gasteiger partial charge >= 0.3 is 12.1 Å². The molecular weight excluding hydrogens is 391 g/mol. The van der Waals surface area contributed by atoms with Crippen LogP contribution in [0.25, 0.3) is 11.0 Å². The van der Waals surface area contributed by atoms with Crippen LogP contribution in [0.2, 0.25) is 0 Å². The van der Waals surface area contributed by atoms with Crippen LogP contribution in [-0.4, -0.2) is 51.8 Å². The molecule has 7 nitrogen and oxygen atoms in total. The molecule has 156 valence electrons. The number of carboxylic acids is 1. The van der Waals surface area contributed by atoms with E-state index in [2.05, 4.69) is 10.2 Å². The van der Waals surface area contributed by atoms with E-state index in [1.165, 1.54) is 5.56 Å². The van der Waals surface area contributed by atoms with Gasteiger partial charge in [0.1, 0.15) is 5.58 Å². The van der Waals surface area contributed by atoms with Gasteiger partial charge in [-0.2, -0.15) is 18.3 Å². The zero-order valence-corrected chi connectivity index (χ0v) is 16.0. The number of carbonyl (C=O) groups excluding carboxylic acids is 1. The van der Waals surface area contributed by atoms with E-state index in [9.17, 15) is 18.0 Å². The summed E-state index contributed by atoms with van der Waals surface area (Å²) in [5, 5.41) is 15.2. The number of hydrogen-bond donors (Lipinski definition) is 2. The quantitative estimate of drug-likeness (QED) is 0.682. The van der Waals surface area contributed by atoms with E-state index in [-0.39, 0.29) is 5.91 Å². The molecule has 1 amide bonds. The van der Waals surface area contributed by atoms with Crippen molar-refractivity contribution < 1.29 is 32.3 Å². The molecule has 0 spiro atoms. The number of para-hydroxylation sites is 1. The summed E-state index contributed by atoms with van der Waals surface area (Å²) < 4.78 is 37.4. The van der Waals surface area contributed by atoms with Crippen molar-refractivity contribution in [2.24, 2.45) is 0 Å². The summed E-state index contributed by atoms with van der Waals surface area (Å²) in [5.41, 5.74) is 3.95. The lowest BCUT2D eigenvalue weighted by Crippen LogP contribution is -2.28. The standard InChI is InChI=1S/C17H19N3O2.C2HF3O2/c1-11-14(12(2)19-18-11)8-9-20(3)17(21)16-10-13-6-4-5-7-15(13)22-16;3-2(4,5)1(6)7/h4-7,10H,8-9H2,1-3H3,(H,18,19);(H,6,7). The minimum atomic E-state index is -5.08. The number of hydrogen-bond acceptors (Lipinski definition) is 4. The second kappa shape index (κ2) is 8.80. The molecule has 2 heterocycles. The molecule has 3 aromatic rings. The van der Waals surface area contributed by atoms with Crippen molar-refractivity contribution in [3.05, 3.63) is 53.0 Å². The van der Waals surface area contributed by atoms with Crippen molar-refractivity contribution in [2.75, 3.05) is 13.6 Å². The summed E-state index contributed by atoms with van der Waals surface area (Å²) >= 11 is 0. The number of alkyl halides is 3. The van der Waals surface area contributed by atoms with E-state index in [0.29, 0.717) is 12.3 Å². The first kappa shape index (κ1) is 22.0. The van der Waals surface area contributed by atoms with Gasteiger partial charge in [-0.25, -0.2) is 4.79 Å². The predicted octanol–water partition coefficient (Wildman–Crippen LogP) is 3.72. The number of nitrogens with zero attached hydrogens (tertiary/aromatic N) is 2. The van der Waals surface area contributed by atoms with E-state index in [0.717, 1.165) is 28.8 Å². The van der Waals surface area contributed by atoms with Crippen LogP contribution in [0.4, 0.5) is 13.2 Å². The molecule has 0 saturated heterocycles. The van der Waals surface area contributed by atoms with E-state index in [1.54, 1.807) is 18.0 Å². The molecule has 1 aromatic carbocycles. The monoisotopic (exact) mass is 411 g/mol. The lowest BCUT2D eigenvalue weighted by molar-refractivity contribution is -0.192. The molecule has 0 saturated carbocycles. The molecule has 0 aliphatic heterocycles. The highest BCUT2D eigenvalue weighted by atomic mass is 19.4. The number of H-pyrrole nitrogens is 1. The minimum Gasteiger partial charge on any atom is -0.475 e. The van der Waals surface area contributed by atoms with Crippen LogP contribution in [-0.2, 0) is 11.2 Å². The molecule has 0 fully saturated rings. The summed E-state index contributed by atoms with van der Waals surface area (Å²) in [4.78, 5) is 23.0. The summed E-state index contributed by atoms with van der Waals surface area (Å²) in [6.07, 6.45) is -4.31. The number of aliphatic carboxylic acids is 1. The number of furan rings is 1. The highest BCUT2D eigenvalue weighted by molar-refractivity contribution is 5.95. The van der Waals surface area contributed by atoms with Crippen molar-refractivity contribution in [3.63, 3.8) is 0 Å². The van der Waals surface area contributed by atoms with Gasteiger partial charge in [-0.15, -0.1) is 0 Å². The van der Waals surface area contributed by atoms with Gasteiger partial charge in [0, 0.05) is 24.7 Å². The molecule has 0 atom stereocenters. The Morgan fingerprint density at radius 2 is 1.86 bits per heavy atom. The van der Waals surface area contributed by atoms with E-state index in [4.69, 9.17) is 14.3 Å². The highest BCUT2D eigenvalue weighted by Crippen LogP contribution is 2.20. The molecule has 0 aliphatic carbocycles. The highest BCUT2D eigenvalue weighted by Gasteiger charge is 2.38. The molecule has 0 radical (unpaired) electrons. The maximum absolute atomic E-state index is 12.5. The SMILES string of the molecule is Cc1n[nH]c(C)c1CCN(C)C(=O)c1cc2ccccc2o1.O=C(O)C(F)(F)F. The Balaban J connectivity index is 0.000000370. The summed E-state index contributed by atoms with van der Waals surface area (Å²) in [5.74, 6) is -2.48. The third kappa shape index (κ3) is 5.59. The van der Waals surface area contributed by atoms with Crippen LogP contribution in [0.15, 0.2) is 34.7 Å². The number of likely N-dealkylation sites (N-methyl/N-ethyl adjacent to an activating group) is 1. The summed E-state index contributed by atoms with van der Waals surface area (Å²) in [7, 11) is 1.79. The number of fused-ring (bicyclic) bond motifs is 1. The van der Waals surface area contributed by atoms with Crippen molar-refractivity contribution in [1.82, 2.24) is 15.1 Å². The Labute approximate surface area is 164 Å². The third-order valence-electron chi connectivity index (χ3n) is 4.20. The Bertz CT molecular complexity index is 955. The first-order valence-electron chi connectivity index (χ1n) is 8.55. The van der Waals surface area contributed by atoms with Gasteiger partial charge in [0.05, 0.1) is 5.69 Å². The summed E-state index contributed by atoms with van der Waals surface area (Å²) in [6.45, 7) is 4.59. The number of aryl methyl sites for hydroxylation is 2. The van der Waals surface area contributed by atoms with Crippen LogP contribution in [0.5, 0.6) is 0 Å². The maximum atomic E-state index is 12.5. The average molecular weight is 411 g/mol. The van der Waals surface area contributed by atoms with Crippen LogP contribution < -0.4 is 0 Å². The molecule has 2 aromatic heterocycles. The van der Waals surface area contributed by atoms with Gasteiger partial charge in [-0.3, -0.25) is 9.89 Å². The van der Waals surface area contributed by atoms with Gasteiger partial charge in [0.2, 0.25) is 0 Å². The van der Waals surface area contributed by atoms with Gasteiger partial charge in [0.25, 0.3) is 5.91 Å². The predicted molar refractivity (Wildman–Crippen MR) is 98.6 cm³/mol. The Hall–Kier alpha value is -3.30. The fraction of sp³-hybridized carbons (Fsp3) is 0.316. The molecule has 3 rings (SSSR count). The van der Waals surface area contributed by atoms with Crippen molar-refractivity contribution in [2.45, 2.75) is 26.4 Å². The number of halogens is 3. The van der Waals surface area contributed by atoms with Gasteiger partial charge in [0.15, 0.2) is 5.76 Å². The average Bonchev–Trinajstić information content (AvgIpc) is 3.22. The molecule has 0 aliphatic rings. The zero-order chi connectivity index (χ0) is 21.8. The molecule has 0 bridgehead atoms. The number of nitrogens with one attached hydrogen (secondary N) is 1. The number of carboxylic acid groups (broad SMARTS) is 1. The third-order valence-corrected chi connectivity index (χ3v) is 4.20. The van der Waals surface area contributed by atoms with Crippen LogP contribution >= 0.6 is 0 Å². The van der Waals surface area contributed by atoms with E-state index in [1.807, 2.05) is 38.1 Å². The Kier molecular flexibility index (Phi) is 6.68. The van der Waals surface area contributed by atoms with Gasteiger partial charge in [-0.05, 0) is 38.0 Å². The number of benzene rings is 1. The number of carbonyl (C=O) groups is 2. The number of amides is 1. The second-order valence-electron chi connectivity index (χ2n) is 6.34. The van der Waals surface area contributed by atoms with E-state index < -0.39 is 12.1 Å². The lowest BCUT2D eigenvalue weighted by atomic mass is 10.1. The Morgan fingerprint density at radius 1 is 1.24 bits per heavy atom. The molecule has 29 heavy (non-hydrogen) atoms. The smallest absolute Gasteiger partial charge is 0.475 e. The first-order chi connectivity index (χ1) is 13.5. The van der Waals surface area contributed by atoms with Crippen molar-refractivity contribution in [1.29, 1.82) is 0 Å². The largest absolute Gasteiger partial charge is 0.490 e. The summed E-state index contributed by atoms with van der Waals surface area (Å²) in [6, 6.07) is 9.43. The molecule has 10 heteroatoms. The van der Waals surface area contributed by atoms with Crippen LogP contribution in [0, 0.1) is 13.8 Å². The number of aromatic amines is 1. The normalized spacial score (nSPS) is 11.1. The first-order valence-corrected chi connectivity index (χ1v) is 8.55. The molecule has 0 unspecified atom stereocenters. The Morgan fingerprint density at radius 3 is 2.38 bits per heavy atom. The number of rotatable bonds is 4. The van der Waals surface area contributed by atoms with Gasteiger partial charge in [-0.1, -0.05) is 18.2 Å².